The van der Waals surface area contributed by atoms with Crippen molar-refractivity contribution in [2.45, 2.75) is 13.5 Å². The lowest BCUT2D eigenvalue weighted by Gasteiger charge is -2.07. The molecule has 6 nitrogen and oxygen atoms in total. The first-order chi connectivity index (χ1) is 11.3. The van der Waals surface area contributed by atoms with Crippen LogP contribution in [0.5, 0.6) is 11.5 Å². The summed E-state index contributed by atoms with van der Waals surface area (Å²) in [5.74, 6) is 3.11. The van der Waals surface area contributed by atoms with Gasteiger partial charge < -0.3 is 23.4 Å². The molecule has 1 aromatic carbocycles. The van der Waals surface area contributed by atoms with Crippen molar-refractivity contribution in [3.63, 3.8) is 0 Å². The third-order valence-electron chi connectivity index (χ3n) is 3.18. The average Bonchev–Trinajstić information content (AvgIpc) is 3.21. The predicted octanol–water partition coefficient (Wildman–Crippen LogP) is 3.19. The van der Waals surface area contributed by atoms with E-state index in [1.54, 1.807) is 42.7 Å². The molecule has 0 bridgehead atoms. The second kappa shape index (κ2) is 7.02. The van der Waals surface area contributed by atoms with E-state index in [4.69, 9.17) is 23.4 Å². The van der Waals surface area contributed by atoms with Gasteiger partial charge in [-0.1, -0.05) is 0 Å². The van der Waals surface area contributed by atoms with Crippen LogP contribution in [0.1, 0.15) is 11.5 Å². The zero-order valence-electron chi connectivity index (χ0n) is 12.7. The van der Waals surface area contributed by atoms with E-state index in [9.17, 15) is 0 Å². The van der Waals surface area contributed by atoms with Crippen molar-refractivity contribution in [3.05, 3.63) is 54.1 Å². The van der Waals surface area contributed by atoms with Gasteiger partial charge in [0.25, 0.3) is 5.89 Å². The van der Waals surface area contributed by atoms with Gasteiger partial charge in [-0.25, -0.2) is 4.98 Å². The van der Waals surface area contributed by atoms with Crippen LogP contribution in [0.4, 0.5) is 0 Å². The molecule has 3 rings (SSSR count). The summed E-state index contributed by atoms with van der Waals surface area (Å²) in [5, 5.41) is 8.72. The second-order valence-electron chi connectivity index (χ2n) is 4.83. The summed E-state index contributed by atoms with van der Waals surface area (Å²) in [5.41, 5.74) is 0.719. The lowest BCUT2D eigenvalue weighted by Crippen LogP contribution is -2.01. The highest BCUT2D eigenvalue weighted by Gasteiger charge is 2.13. The van der Waals surface area contributed by atoms with Gasteiger partial charge in [0.15, 0.2) is 5.76 Å². The Morgan fingerprint density at radius 1 is 1.09 bits per heavy atom. The maximum atomic E-state index is 8.72. The number of nitrogens with zero attached hydrogens (tertiary/aromatic N) is 1. The monoisotopic (exact) mass is 315 g/mol. The van der Waals surface area contributed by atoms with Crippen LogP contribution in [0.3, 0.4) is 0 Å². The Bertz CT molecular complexity index is 731. The Morgan fingerprint density at radius 3 is 2.48 bits per heavy atom. The molecule has 0 unspecified atom stereocenters. The van der Waals surface area contributed by atoms with Crippen LogP contribution in [-0.2, 0) is 6.61 Å². The Balaban J connectivity index is 1.62. The van der Waals surface area contributed by atoms with Crippen LogP contribution < -0.4 is 9.47 Å². The van der Waals surface area contributed by atoms with Crippen molar-refractivity contribution < 1.29 is 23.4 Å². The highest BCUT2D eigenvalue weighted by Crippen LogP contribution is 2.23. The summed E-state index contributed by atoms with van der Waals surface area (Å²) in [6.45, 7) is 2.40. The van der Waals surface area contributed by atoms with E-state index < -0.39 is 0 Å². The lowest BCUT2D eigenvalue weighted by atomic mass is 10.3. The highest BCUT2D eigenvalue weighted by molar-refractivity contribution is 5.44. The van der Waals surface area contributed by atoms with Crippen molar-refractivity contribution in [3.8, 4) is 23.1 Å². The number of aryl methyl sites for hydroxylation is 1. The first kappa shape index (κ1) is 15.2. The maximum Gasteiger partial charge on any atom is 0.263 e. The minimum absolute atomic E-state index is 0.0122. The van der Waals surface area contributed by atoms with E-state index in [1.807, 2.05) is 6.92 Å². The van der Waals surface area contributed by atoms with Gasteiger partial charge in [0.05, 0.1) is 12.9 Å². The van der Waals surface area contributed by atoms with Gasteiger partial charge in [0, 0.05) is 0 Å². The molecule has 3 aromatic rings. The van der Waals surface area contributed by atoms with Crippen molar-refractivity contribution in [2.75, 3.05) is 13.2 Å². The fourth-order valence-corrected chi connectivity index (χ4v) is 2.01. The number of ether oxygens (including phenoxy) is 2. The van der Waals surface area contributed by atoms with E-state index in [2.05, 4.69) is 4.98 Å². The van der Waals surface area contributed by atoms with Crippen molar-refractivity contribution in [2.24, 2.45) is 0 Å². The van der Waals surface area contributed by atoms with E-state index >= 15 is 0 Å². The smallest absolute Gasteiger partial charge is 0.263 e. The van der Waals surface area contributed by atoms with Crippen LogP contribution in [0, 0.1) is 6.92 Å². The van der Waals surface area contributed by atoms with Gasteiger partial charge >= 0.3 is 0 Å². The van der Waals surface area contributed by atoms with Gasteiger partial charge in [-0.05, 0) is 43.3 Å². The number of oxazole rings is 1. The number of aromatic nitrogens is 1. The number of hydrogen-bond donors (Lipinski definition) is 1. The van der Waals surface area contributed by atoms with Gasteiger partial charge in [-0.2, -0.15) is 0 Å². The summed E-state index contributed by atoms with van der Waals surface area (Å²) < 4.78 is 21.8. The topological polar surface area (TPSA) is 77.9 Å². The van der Waals surface area contributed by atoms with Crippen molar-refractivity contribution in [1.82, 2.24) is 4.98 Å². The van der Waals surface area contributed by atoms with Crippen LogP contribution >= 0.6 is 0 Å². The minimum atomic E-state index is -0.0122. The first-order valence-electron chi connectivity index (χ1n) is 7.23. The minimum Gasteiger partial charge on any atom is -0.491 e. The van der Waals surface area contributed by atoms with E-state index in [-0.39, 0.29) is 13.2 Å². The van der Waals surface area contributed by atoms with Crippen LogP contribution in [0.25, 0.3) is 11.7 Å². The molecule has 0 amide bonds. The normalized spacial score (nSPS) is 10.7. The average molecular weight is 315 g/mol. The molecule has 0 aliphatic rings. The van der Waals surface area contributed by atoms with Crippen LogP contribution in [0.15, 0.2) is 51.5 Å². The molecule has 0 radical (unpaired) electrons. The molecule has 23 heavy (non-hydrogen) atoms. The number of rotatable bonds is 7. The SMILES string of the molecule is Cc1oc(-c2ccco2)nc1COc1ccc(OCCO)cc1. The molecular formula is C17H17NO5. The molecule has 0 saturated carbocycles. The molecule has 0 saturated heterocycles. The maximum absolute atomic E-state index is 8.72. The number of hydrogen-bond acceptors (Lipinski definition) is 6. The molecule has 0 spiro atoms. The summed E-state index contributed by atoms with van der Waals surface area (Å²) in [7, 11) is 0. The molecule has 120 valence electrons. The molecule has 0 aliphatic carbocycles. The van der Waals surface area contributed by atoms with Crippen molar-refractivity contribution in [1.29, 1.82) is 0 Å². The zero-order valence-corrected chi connectivity index (χ0v) is 12.7. The van der Waals surface area contributed by atoms with E-state index in [0.717, 1.165) is 5.69 Å². The molecule has 0 aliphatic heterocycles. The largest absolute Gasteiger partial charge is 0.491 e. The number of furan rings is 1. The standard InChI is InChI=1S/C17H17NO5/c1-12-15(18-17(23-12)16-3-2-9-21-16)11-22-14-6-4-13(5-7-14)20-10-8-19/h2-7,9,19H,8,10-11H2,1H3. The lowest BCUT2D eigenvalue weighted by molar-refractivity contribution is 0.201. The van der Waals surface area contributed by atoms with E-state index in [0.29, 0.717) is 35.5 Å². The molecule has 6 heteroatoms. The highest BCUT2D eigenvalue weighted by atomic mass is 16.5. The molecule has 2 aromatic heterocycles. The van der Waals surface area contributed by atoms with Gasteiger partial charge in [0.2, 0.25) is 0 Å². The first-order valence-corrected chi connectivity index (χ1v) is 7.23. The Hall–Kier alpha value is -2.73. The van der Waals surface area contributed by atoms with Crippen LogP contribution in [0.2, 0.25) is 0 Å². The summed E-state index contributed by atoms with van der Waals surface area (Å²) in [4.78, 5) is 4.39. The second-order valence-corrected chi connectivity index (χ2v) is 4.83. The fourth-order valence-electron chi connectivity index (χ4n) is 2.01. The fraction of sp³-hybridized carbons (Fsp3) is 0.235. The number of benzene rings is 1. The molecule has 0 atom stereocenters. The summed E-state index contributed by atoms with van der Waals surface area (Å²) in [6, 6.07) is 10.8. The van der Waals surface area contributed by atoms with Gasteiger partial charge in [-0.15, -0.1) is 0 Å². The quantitative estimate of drug-likeness (QED) is 0.721. The number of aliphatic hydroxyl groups excluding tert-OH is 1. The summed E-state index contributed by atoms with van der Waals surface area (Å²) >= 11 is 0. The third-order valence-corrected chi connectivity index (χ3v) is 3.18. The summed E-state index contributed by atoms with van der Waals surface area (Å²) in [6.07, 6.45) is 1.57. The molecule has 0 fully saturated rings. The Labute approximate surface area is 133 Å². The van der Waals surface area contributed by atoms with Crippen LogP contribution in [-0.4, -0.2) is 23.3 Å². The molecule has 1 N–H and O–H groups in total. The molecular weight excluding hydrogens is 298 g/mol. The number of aliphatic hydroxyl groups is 1. The predicted molar refractivity (Wildman–Crippen MR) is 82.3 cm³/mol. The molecule has 2 heterocycles. The van der Waals surface area contributed by atoms with Gasteiger partial charge in [-0.3, -0.25) is 0 Å². The Kier molecular flexibility index (Phi) is 4.63. The Morgan fingerprint density at radius 2 is 1.83 bits per heavy atom. The zero-order chi connectivity index (χ0) is 16.1. The van der Waals surface area contributed by atoms with E-state index in [1.165, 1.54) is 0 Å². The van der Waals surface area contributed by atoms with Gasteiger partial charge in [0.1, 0.15) is 36.2 Å². The third kappa shape index (κ3) is 3.73. The van der Waals surface area contributed by atoms with Crippen molar-refractivity contribution >= 4 is 0 Å².